The molecule has 0 saturated carbocycles. The van der Waals surface area contributed by atoms with Crippen molar-refractivity contribution >= 4 is 66.3 Å². The second-order valence-electron chi connectivity index (χ2n) is 5.82. The number of nitrogens with one attached hydrogen (secondary N) is 1. The summed E-state index contributed by atoms with van der Waals surface area (Å²) in [5.74, 6) is -0.534. The van der Waals surface area contributed by atoms with E-state index in [0.29, 0.717) is 21.1 Å². The van der Waals surface area contributed by atoms with E-state index in [1.807, 2.05) is 0 Å². The minimum atomic E-state index is -0.519. The van der Waals surface area contributed by atoms with Crippen molar-refractivity contribution in [1.82, 2.24) is 4.98 Å². The Morgan fingerprint density at radius 2 is 1.93 bits per heavy atom. The summed E-state index contributed by atoms with van der Waals surface area (Å²) in [6, 6.07) is 13.5. The van der Waals surface area contributed by atoms with Gasteiger partial charge >= 0.3 is 5.78 Å². The van der Waals surface area contributed by atoms with E-state index in [1.54, 1.807) is 42.5 Å². The number of carbonyl (C=O) groups excluding carboxylic acids is 1. The molecule has 3 heterocycles. The molecule has 2 aromatic carbocycles. The molecule has 0 aliphatic heterocycles. The zero-order valence-electron chi connectivity index (χ0n) is 13.5. The molecule has 0 saturated heterocycles. The van der Waals surface area contributed by atoms with Crippen LogP contribution in [0.2, 0.25) is 5.02 Å². The molecule has 5 aromatic rings. The largest absolute Gasteiger partial charge is 0.425 e. The van der Waals surface area contributed by atoms with Crippen LogP contribution in [0.4, 0.5) is 5.13 Å². The van der Waals surface area contributed by atoms with Crippen molar-refractivity contribution < 1.29 is 13.6 Å². The zero-order valence-corrected chi connectivity index (χ0v) is 15.1. The van der Waals surface area contributed by atoms with E-state index in [9.17, 15) is 9.59 Å². The molecule has 0 aliphatic carbocycles. The molecule has 5 rings (SSSR count). The SMILES string of the molecule is O=C(Nc1nc2ccc(Cl)cc2s1)c1cc2c(=O)c3ccccc3oc2o1. The highest BCUT2D eigenvalue weighted by molar-refractivity contribution is 7.22. The van der Waals surface area contributed by atoms with Crippen molar-refractivity contribution in [1.29, 1.82) is 0 Å². The Balaban J connectivity index is 1.54. The summed E-state index contributed by atoms with van der Waals surface area (Å²) in [5.41, 5.74) is 0.885. The summed E-state index contributed by atoms with van der Waals surface area (Å²) in [6.07, 6.45) is 0. The van der Waals surface area contributed by atoms with E-state index in [2.05, 4.69) is 10.3 Å². The number of anilines is 1. The van der Waals surface area contributed by atoms with Gasteiger partial charge in [-0.1, -0.05) is 35.1 Å². The third-order valence-corrected chi connectivity index (χ3v) is 5.24. The molecular weight excluding hydrogens is 388 g/mol. The van der Waals surface area contributed by atoms with Crippen LogP contribution < -0.4 is 10.7 Å². The van der Waals surface area contributed by atoms with Gasteiger partial charge in [-0.2, -0.15) is 0 Å². The lowest BCUT2D eigenvalue weighted by molar-refractivity contribution is 0.0997. The van der Waals surface area contributed by atoms with Crippen molar-refractivity contribution in [2.75, 3.05) is 5.32 Å². The molecule has 0 fully saturated rings. The number of fused-ring (bicyclic) bond motifs is 3. The van der Waals surface area contributed by atoms with Crippen molar-refractivity contribution in [3.63, 3.8) is 0 Å². The standard InChI is InChI=1S/C19H9ClN2O4S/c20-9-5-6-12-15(7-9)27-19(21-12)22-17(24)14-8-11-16(23)10-3-1-2-4-13(10)25-18(11)26-14/h1-8H,(H,21,22,24). The number of carbonyl (C=O) groups is 1. The average molecular weight is 397 g/mol. The fourth-order valence-electron chi connectivity index (χ4n) is 2.82. The van der Waals surface area contributed by atoms with Gasteiger partial charge in [0, 0.05) is 11.1 Å². The first-order chi connectivity index (χ1) is 13.1. The number of aromatic nitrogens is 1. The predicted molar refractivity (Wildman–Crippen MR) is 105 cm³/mol. The van der Waals surface area contributed by atoms with Gasteiger partial charge in [0.15, 0.2) is 10.9 Å². The molecule has 8 heteroatoms. The maximum Gasteiger partial charge on any atom is 0.302 e. The van der Waals surface area contributed by atoms with Gasteiger partial charge in [0.1, 0.15) is 11.0 Å². The van der Waals surface area contributed by atoms with Crippen LogP contribution in [0.3, 0.4) is 0 Å². The van der Waals surface area contributed by atoms with E-state index < -0.39 is 5.91 Å². The highest BCUT2D eigenvalue weighted by Crippen LogP contribution is 2.29. The third-order valence-electron chi connectivity index (χ3n) is 4.07. The minimum absolute atomic E-state index is 0.0138. The van der Waals surface area contributed by atoms with Crippen molar-refractivity contribution in [3.05, 3.63) is 69.5 Å². The third kappa shape index (κ3) is 2.68. The summed E-state index contributed by atoms with van der Waals surface area (Å²) in [4.78, 5) is 29.4. The lowest BCUT2D eigenvalue weighted by Crippen LogP contribution is -2.10. The first kappa shape index (κ1) is 16.0. The van der Waals surface area contributed by atoms with Crippen LogP contribution in [-0.2, 0) is 0 Å². The molecule has 0 bridgehead atoms. The molecule has 0 radical (unpaired) electrons. The molecule has 0 spiro atoms. The Hall–Kier alpha value is -3.16. The van der Waals surface area contributed by atoms with E-state index in [-0.39, 0.29) is 22.4 Å². The highest BCUT2D eigenvalue weighted by Gasteiger charge is 2.19. The number of hydrogen-bond donors (Lipinski definition) is 1. The summed E-state index contributed by atoms with van der Waals surface area (Å²) in [6.45, 7) is 0. The van der Waals surface area contributed by atoms with Gasteiger partial charge in [-0.25, -0.2) is 4.98 Å². The first-order valence-electron chi connectivity index (χ1n) is 7.91. The number of rotatable bonds is 2. The smallest absolute Gasteiger partial charge is 0.302 e. The van der Waals surface area contributed by atoms with Crippen LogP contribution in [0, 0.1) is 0 Å². The van der Waals surface area contributed by atoms with Gasteiger partial charge in [0.2, 0.25) is 5.43 Å². The van der Waals surface area contributed by atoms with Gasteiger partial charge < -0.3 is 8.83 Å². The van der Waals surface area contributed by atoms with E-state index in [4.69, 9.17) is 20.4 Å². The van der Waals surface area contributed by atoms with E-state index in [0.717, 1.165) is 10.2 Å². The van der Waals surface area contributed by atoms with Crippen LogP contribution >= 0.6 is 22.9 Å². The number of amides is 1. The maximum atomic E-state index is 12.6. The lowest BCUT2D eigenvalue weighted by Gasteiger charge is -1.96. The Morgan fingerprint density at radius 1 is 1.07 bits per heavy atom. The molecule has 27 heavy (non-hydrogen) atoms. The minimum Gasteiger partial charge on any atom is -0.425 e. The monoisotopic (exact) mass is 396 g/mol. The fraction of sp³-hybridized carbons (Fsp3) is 0. The van der Waals surface area contributed by atoms with Crippen molar-refractivity contribution in [2.45, 2.75) is 0 Å². The maximum absolute atomic E-state index is 12.6. The summed E-state index contributed by atoms with van der Waals surface area (Å²) in [5, 5.41) is 4.33. The molecule has 0 atom stereocenters. The topological polar surface area (TPSA) is 85.3 Å². The fourth-order valence-corrected chi connectivity index (χ4v) is 3.96. The zero-order chi connectivity index (χ0) is 18.5. The number of hydrogen-bond acceptors (Lipinski definition) is 6. The van der Waals surface area contributed by atoms with Gasteiger partial charge in [-0.3, -0.25) is 14.9 Å². The van der Waals surface area contributed by atoms with Crippen molar-refractivity contribution in [2.24, 2.45) is 0 Å². The molecule has 6 nitrogen and oxygen atoms in total. The number of nitrogens with zero attached hydrogens (tertiary/aromatic N) is 1. The second kappa shape index (κ2) is 5.94. The molecule has 132 valence electrons. The molecule has 1 N–H and O–H groups in total. The predicted octanol–water partition coefficient (Wildman–Crippen LogP) is 5.05. The number of halogens is 1. The molecule has 0 aliphatic rings. The Morgan fingerprint density at radius 3 is 2.81 bits per heavy atom. The normalized spacial score (nSPS) is 11.4. The lowest BCUT2D eigenvalue weighted by atomic mass is 10.2. The van der Waals surface area contributed by atoms with E-state index >= 15 is 0 Å². The van der Waals surface area contributed by atoms with Gasteiger partial charge in [0.25, 0.3) is 5.91 Å². The van der Waals surface area contributed by atoms with Crippen LogP contribution in [0.1, 0.15) is 10.6 Å². The van der Waals surface area contributed by atoms with Gasteiger partial charge in [-0.15, -0.1) is 0 Å². The molecule has 3 aromatic heterocycles. The Bertz CT molecular complexity index is 1420. The quantitative estimate of drug-likeness (QED) is 0.451. The number of thiazole rings is 1. The van der Waals surface area contributed by atoms with Crippen LogP contribution in [0.5, 0.6) is 0 Å². The Labute approximate surface area is 160 Å². The van der Waals surface area contributed by atoms with Crippen LogP contribution in [-0.4, -0.2) is 10.9 Å². The second-order valence-corrected chi connectivity index (χ2v) is 7.29. The Kier molecular flexibility index (Phi) is 3.53. The number of para-hydroxylation sites is 1. The van der Waals surface area contributed by atoms with Gasteiger partial charge in [-0.05, 0) is 30.3 Å². The summed E-state index contributed by atoms with van der Waals surface area (Å²) in [7, 11) is 0. The summed E-state index contributed by atoms with van der Waals surface area (Å²) < 4.78 is 11.9. The number of benzene rings is 2. The molecule has 0 unspecified atom stereocenters. The average Bonchev–Trinajstić information content (AvgIpc) is 3.25. The van der Waals surface area contributed by atoms with Gasteiger partial charge in [0.05, 0.1) is 15.6 Å². The molecular formula is C19H9ClN2O4S. The van der Waals surface area contributed by atoms with Crippen LogP contribution in [0.25, 0.3) is 32.4 Å². The molecule has 1 amide bonds. The van der Waals surface area contributed by atoms with Crippen LogP contribution in [0.15, 0.2) is 62.2 Å². The highest BCUT2D eigenvalue weighted by atomic mass is 35.5. The number of furan rings is 1. The van der Waals surface area contributed by atoms with E-state index in [1.165, 1.54) is 17.4 Å². The first-order valence-corrected chi connectivity index (χ1v) is 9.11. The van der Waals surface area contributed by atoms with Crippen molar-refractivity contribution in [3.8, 4) is 0 Å². The summed E-state index contributed by atoms with van der Waals surface area (Å²) >= 11 is 7.26.